The van der Waals surface area contributed by atoms with Gasteiger partial charge in [-0.1, -0.05) is 42.5 Å². The molecule has 39 heavy (non-hydrogen) atoms. The summed E-state index contributed by atoms with van der Waals surface area (Å²) in [6, 6.07) is 13.1. The van der Waals surface area contributed by atoms with E-state index in [2.05, 4.69) is 20.4 Å². The number of thiazole rings is 1. The van der Waals surface area contributed by atoms with Gasteiger partial charge in [-0.3, -0.25) is 9.59 Å². The first-order valence-corrected chi connectivity index (χ1v) is 13.0. The quantitative estimate of drug-likeness (QED) is 0.199. The van der Waals surface area contributed by atoms with Crippen molar-refractivity contribution in [3.05, 3.63) is 76.8 Å². The van der Waals surface area contributed by atoms with E-state index in [0.717, 1.165) is 28.2 Å². The molecule has 1 fully saturated rings. The number of benzene rings is 2. The van der Waals surface area contributed by atoms with Gasteiger partial charge in [-0.05, 0) is 23.3 Å². The van der Waals surface area contributed by atoms with E-state index in [4.69, 9.17) is 9.47 Å². The number of carbonyl (C=O) groups is 4. The van der Waals surface area contributed by atoms with Crippen molar-refractivity contribution in [2.45, 2.75) is 24.9 Å². The molecule has 0 bridgehead atoms. The Morgan fingerprint density at radius 2 is 1.82 bits per heavy atom. The summed E-state index contributed by atoms with van der Waals surface area (Å²) in [5.74, 6) is -1.19. The van der Waals surface area contributed by atoms with Crippen molar-refractivity contribution in [3.8, 4) is 5.75 Å². The summed E-state index contributed by atoms with van der Waals surface area (Å²) in [4.78, 5) is 56.7. The predicted octanol–water partition coefficient (Wildman–Crippen LogP) is 3.19. The van der Waals surface area contributed by atoms with Crippen LogP contribution in [0.5, 0.6) is 5.75 Å². The van der Waals surface area contributed by atoms with E-state index < -0.39 is 35.9 Å². The molecule has 1 saturated heterocycles. The number of esters is 1. The fourth-order valence-corrected chi connectivity index (χ4v) is 4.70. The molecule has 4 rings (SSSR count). The average Bonchev–Trinajstić information content (AvgIpc) is 3.54. The van der Waals surface area contributed by atoms with Gasteiger partial charge >= 0.3 is 12.0 Å². The van der Waals surface area contributed by atoms with Crippen molar-refractivity contribution >= 4 is 40.3 Å². The highest BCUT2D eigenvalue weighted by molar-refractivity contribution is 7.14. The lowest BCUT2D eigenvalue weighted by atomic mass is 10.0. The molecule has 2 atom stereocenters. The van der Waals surface area contributed by atoms with E-state index in [1.165, 1.54) is 12.5 Å². The minimum Gasteiger partial charge on any atom is -0.494 e. The molecule has 4 amide bonds. The van der Waals surface area contributed by atoms with Gasteiger partial charge in [0.25, 0.3) is 5.91 Å². The monoisotopic (exact) mass is 552 g/mol. The van der Waals surface area contributed by atoms with Crippen LogP contribution in [0.15, 0.2) is 60.0 Å². The smallest absolute Gasteiger partial charge is 0.357 e. The molecular formula is C27H28N4O7S. The SMILES string of the molecule is COCCCOc1ccc(C2NC(=O)N([C@@H](Cc3ccccc3)C(=O)Nc3nc(C(=O)OC)cs3)C2=O)cc1. The van der Waals surface area contributed by atoms with Crippen LogP contribution in [0.25, 0.3) is 0 Å². The molecule has 12 heteroatoms. The Labute approximate surface area is 229 Å². The largest absolute Gasteiger partial charge is 0.494 e. The van der Waals surface area contributed by atoms with Gasteiger partial charge in [0, 0.05) is 31.9 Å². The zero-order valence-electron chi connectivity index (χ0n) is 21.4. The third-order valence-corrected chi connectivity index (χ3v) is 6.72. The molecule has 1 aliphatic rings. The van der Waals surface area contributed by atoms with Gasteiger partial charge in [0.1, 0.15) is 17.8 Å². The fourth-order valence-electron chi connectivity index (χ4n) is 4.02. The number of amides is 4. The van der Waals surface area contributed by atoms with Crippen LogP contribution < -0.4 is 15.4 Å². The molecular weight excluding hydrogens is 524 g/mol. The molecule has 2 heterocycles. The van der Waals surface area contributed by atoms with Crippen molar-refractivity contribution < 1.29 is 33.4 Å². The summed E-state index contributed by atoms with van der Waals surface area (Å²) < 4.78 is 15.3. The first-order chi connectivity index (χ1) is 18.9. The number of rotatable bonds is 12. The molecule has 1 aliphatic heterocycles. The number of hydrogen-bond donors (Lipinski definition) is 2. The predicted molar refractivity (Wildman–Crippen MR) is 143 cm³/mol. The standard InChI is InChI=1S/C27H28N4O7S/c1-36-13-6-14-38-19-11-9-18(10-12-19)22-24(33)31(27(35)29-22)21(15-17-7-4-3-5-8-17)23(32)30-26-28-20(16-39-26)25(34)37-2/h3-5,7-12,16,21-22H,6,13-15H2,1-2H3,(H,29,35)(H,28,30,32)/t21-,22?/m0/s1. The second kappa shape index (κ2) is 13.0. The molecule has 204 valence electrons. The minimum absolute atomic E-state index is 0.0404. The third-order valence-electron chi connectivity index (χ3n) is 5.96. The highest BCUT2D eigenvalue weighted by Gasteiger charge is 2.45. The second-order valence-corrected chi connectivity index (χ2v) is 9.44. The molecule has 2 aromatic carbocycles. The number of nitrogens with one attached hydrogen (secondary N) is 2. The molecule has 0 spiro atoms. The number of ether oxygens (including phenoxy) is 3. The number of methoxy groups -OCH3 is 2. The fraction of sp³-hybridized carbons (Fsp3) is 0.296. The number of imide groups is 1. The lowest BCUT2D eigenvalue weighted by molar-refractivity contribution is -0.134. The van der Waals surface area contributed by atoms with Gasteiger partial charge < -0.3 is 24.8 Å². The van der Waals surface area contributed by atoms with Crippen molar-refractivity contribution in [1.29, 1.82) is 0 Å². The highest BCUT2D eigenvalue weighted by atomic mass is 32.1. The minimum atomic E-state index is -1.17. The Kier molecular flexibility index (Phi) is 9.23. The Bertz CT molecular complexity index is 1310. The van der Waals surface area contributed by atoms with Crippen LogP contribution in [-0.4, -0.2) is 67.2 Å². The number of anilines is 1. The molecule has 0 aliphatic carbocycles. The van der Waals surface area contributed by atoms with Crippen molar-refractivity contribution in [3.63, 3.8) is 0 Å². The summed E-state index contributed by atoms with van der Waals surface area (Å²) in [5, 5.41) is 6.91. The number of urea groups is 1. The Hall–Kier alpha value is -4.29. The van der Waals surface area contributed by atoms with Crippen molar-refractivity contribution in [2.75, 3.05) is 32.8 Å². The number of hydrogen-bond acceptors (Lipinski definition) is 9. The van der Waals surface area contributed by atoms with Crippen molar-refractivity contribution in [1.82, 2.24) is 15.2 Å². The van der Waals surface area contributed by atoms with Crippen LogP contribution in [0.4, 0.5) is 9.93 Å². The second-order valence-electron chi connectivity index (χ2n) is 8.58. The molecule has 1 aromatic heterocycles. The van der Waals surface area contributed by atoms with E-state index >= 15 is 0 Å². The van der Waals surface area contributed by atoms with Gasteiger partial charge in [0.2, 0.25) is 5.91 Å². The number of carbonyl (C=O) groups excluding carboxylic acids is 4. The molecule has 11 nitrogen and oxygen atoms in total. The van der Waals surface area contributed by atoms with E-state index in [1.54, 1.807) is 55.6 Å². The van der Waals surface area contributed by atoms with Crippen LogP contribution in [0.3, 0.4) is 0 Å². The van der Waals surface area contributed by atoms with Gasteiger partial charge in [-0.2, -0.15) is 0 Å². The van der Waals surface area contributed by atoms with Crippen LogP contribution in [-0.2, 0) is 25.5 Å². The first-order valence-electron chi connectivity index (χ1n) is 12.1. The topological polar surface area (TPSA) is 136 Å². The summed E-state index contributed by atoms with van der Waals surface area (Å²) in [7, 11) is 2.85. The normalized spacial score (nSPS) is 15.5. The van der Waals surface area contributed by atoms with E-state index in [-0.39, 0.29) is 17.2 Å². The van der Waals surface area contributed by atoms with Crippen LogP contribution >= 0.6 is 11.3 Å². The maximum Gasteiger partial charge on any atom is 0.357 e. The van der Waals surface area contributed by atoms with E-state index in [9.17, 15) is 19.2 Å². The third kappa shape index (κ3) is 6.78. The first kappa shape index (κ1) is 27.7. The lowest BCUT2D eigenvalue weighted by Crippen LogP contribution is -2.49. The highest BCUT2D eigenvalue weighted by Crippen LogP contribution is 2.27. The molecule has 0 saturated carbocycles. The summed E-state index contributed by atoms with van der Waals surface area (Å²) in [6.45, 7) is 1.07. The molecule has 2 N–H and O–H groups in total. The lowest BCUT2D eigenvalue weighted by Gasteiger charge is -2.24. The Morgan fingerprint density at radius 3 is 2.51 bits per heavy atom. The summed E-state index contributed by atoms with van der Waals surface area (Å²) in [5.41, 5.74) is 1.35. The van der Waals surface area contributed by atoms with Crippen LogP contribution in [0.2, 0.25) is 0 Å². The van der Waals surface area contributed by atoms with E-state index in [1.807, 2.05) is 6.07 Å². The number of nitrogens with zero attached hydrogens (tertiary/aromatic N) is 2. The maximum atomic E-state index is 13.5. The molecule has 1 unspecified atom stereocenters. The zero-order valence-corrected chi connectivity index (χ0v) is 22.2. The van der Waals surface area contributed by atoms with Gasteiger partial charge in [0.15, 0.2) is 10.8 Å². The summed E-state index contributed by atoms with van der Waals surface area (Å²) >= 11 is 1.03. The Morgan fingerprint density at radius 1 is 1.08 bits per heavy atom. The summed E-state index contributed by atoms with van der Waals surface area (Å²) in [6.07, 6.45) is 0.822. The van der Waals surface area contributed by atoms with Crippen LogP contribution in [0.1, 0.15) is 34.1 Å². The van der Waals surface area contributed by atoms with Gasteiger partial charge in [0.05, 0.1) is 13.7 Å². The maximum absolute atomic E-state index is 13.5. The average molecular weight is 553 g/mol. The number of aromatic nitrogens is 1. The van der Waals surface area contributed by atoms with Gasteiger partial charge in [-0.15, -0.1) is 11.3 Å². The van der Waals surface area contributed by atoms with E-state index in [0.29, 0.717) is 24.5 Å². The zero-order chi connectivity index (χ0) is 27.8. The molecule has 3 aromatic rings. The Balaban J connectivity index is 1.52. The van der Waals surface area contributed by atoms with Gasteiger partial charge in [-0.25, -0.2) is 19.5 Å². The van der Waals surface area contributed by atoms with Crippen LogP contribution in [0, 0.1) is 0 Å². The van der Waals surface area contributed by atoms with Crippen molar-refractivity contribution in [2.24, 2.45) is 0 Å². The molecule has 0 radical (unpaired) electrons.